The van der Waals surface area contributed by atoms with Gasteiger partial charge in [-0.25, -0.2) is 4.99 Å². The van der Waals surface area contributed by atoms with Gasteiger partial charge in [-0.1, -0.05) is 40.9 Å². The molecule has 3 aromatic rings. The van der Waals surface area contributed by atoms with E-state index >= 15 is 0 Å². The fourth-order valence-corrected chi connectivity index (χ4v) is 4.03. The number of furan rings is 1. The smallest absolute Gasteiger partial charge is 0.288 e. The summed E-state index contributed by atoms with van der Waals surface area (Å²) in [6.07, 6.45) is 1.55. The third-order valence-electron chi connectivity index (χ3n) is 4.13. The number of hydrogen-bond acceptors (Lipinski definition) is 6. The summed E-state index contributed by atoms with van der Waals surface area (Å²) >= 11 is 19.1. The van der Waals surface area contributed by atoms with Crippen LogP contribution < -0.4 is 5.32 Å². The third kappa shape index (κ3) is 4.62. The molecule has 1 aromatic heterocycles. The van der Waals surface area contributed by atoms with E-state index in [1.807, 2.05) is 0 Å². The van der Waals surface area contributed by atoms with Gasteiger partial charge in [-0.05, 0) is 48.2 Å². The van der Waals surface area contributed by atoms with Crippen molar-refractivity contribution in [3.05, 3.63) is 84.4 Å². The second-order valence-corrected chi connectivity index (χ2v) is 8.40. The van der Waals surface area contributed by atoms with Gasteiger partial charge < -0.3 is 9.73 Å². The second kappa shape index (κ2) is 8.76. The molecule has 0 spiro atoms. The summed E-state index contributed by atoms with van der Waals surface area (Å²) in [6.45, 7) is 0. The van der Waals surface area contributed by atoms with Gasteiger partial charge in [-0.3, -0.25) is 14.9 Å². The minimum absolute atomic E-state index is 0.0355. The lowest BCUT2D eigenvalue weighted by Gasteiger charge is -2.00. The largest absolute Gasteiger partial charge is 0.457 e. The van der Waals surface area contributed by atoms with Gasteiger partial charge in [0.1, 0.15) is 16.5 Å². The van der Waals surface area contributed by atoms with Crippen LogP contribution in [0.5, 0.6) is 0 Å². The van der Waals surface area contributed by atoms with Gasteiger partial charge in [0.15, 0.2) is 5.17 Å². The minimum Gasteiger partial charge on any atom is -0.457 e. The molecule has 0 unspecified atom stereocenters. The number of hydrogen-bond donors (Lipinski definition) is 1. The number of aliphatic imine (C=N–C) groups is 1. The van der Waals surface area contributed by atoms with Crippen molar-refractivity contribution in [2.24, 2.45) is 4.99 Å². The summed E-state index contributed by atoms with van der Waals surface area (Å²) in [7, 11) is 0. The number of carbonyl (C=O) groups is 1. The molecule has 0 bridgehead atoms. The molecule has 0 radical (unpaired) electrons. The van der Waals surface area contributed by atoms with Gasteiger partial charge in [0, 0.05) is 17.7 Å². The van der Waals surface area contributed by atoms with Gasteiger partial charge >= 0.3 is 0 Å². The Kier molecular flexibility index (Phi) is 6.06. The topological polar surface area (TPSA) is 97.7 Å². The summed E-state index contributed by atoms with van der Waals surface area (Å²) < 4.78 is 5.73. The van der Waals surface area contributed by atoms with Gasteiger partial charge in [0.2, 0.25) is 0 Å². The van der Waals surface area contributed by atoms with Gasteiger partial charge in [-0.2, -0.15) is 0 Å². The Morgan fingerprint density at radius 1 is 1.10 bits per heavy atom. The molecule has 11 heteroatoms. The molecule has 2 heterocycles. The lowest BCUT2D eigenvalue weighted by atomic mass is 10.1. The molecule has 31 heavy (non-hydrogen) atoms. The van der Waals surface area contributed by atoms with Gasteiger partial charge in [0.25, 0.3) is 11.6 Å². The molecule has 0 saturated carbocycles. The van der Waals surface area contributed by atoms with Crippen LogP contribution in [-0.4, -0.2) is 16.0 Å². The van der Waals surface area contributed by atoms with Crippen LogP contribution in [0.3, 0.4) is 0 Å². The fourth-order valence-electron chi connectivity index (χ4n) is 2.69. The second-order valence-electron chi connectivity index (χ2n) is 6.18. The summed E-state index contributed by atoms with van der Waals surface area (Å²) in [5, 5.41) is 14.8. The molecule has 1 fully saturated rings. The standard InChI is InChI=1S/C20H10Cl3N3O4S/c21-12-6-4-10(8-15(12)26(28)29)16-7-5-11(30-16)9-17-19(27)25-20(31-17)24-14-3-1-2-13(22)18(14)23/h1-9H,(H,24,25,27)/b17-9+. The number of amides is 1. The van der Waals surface area contributed by atoms with Crippen molar-refractivity contribution in [1.29, 1.82) is 0 Å². The third-order valence-corrected chi connectivity index (χ3v) is 6.17. The molecular formula is C20H10Cl3N3O4S. The summed E-state index contributed by atoms with van der Waals surface area (Å²) in [4.78, 5) is 27.5. The van der Waals surface area contributed by atoms with E-state index in [-0.39, 0.29) is 21.6 Å². The minimum atomic E-state index is -0.565. The number of nitrogens with one attached hydrogen (secondary N) is 1. The number of amidine groups is 1. The highest BCUT2D eigenvalue weighted by atomic mass is 35.5. The molecular weight excluding hydrogens is 485 g/mol. The highest BCUT2D eigenvalue weighted by Gasteiger charge is 2.25. The molecule has 1 aliphatic heterocycles. The number of benzene rings is 2. The summed E-state index contributed by atoms with van der Waals surface area (Å²) in [5.74, 6) is 0.448. The first-order chi connectivity index (χ1) is 14.8. The SMILES string of the molecule is O=C1NC(=Nc2cccc(Cl)c2Cl)S/C1=C/c1ccc(-c2ccc(Cl)c([N+](=O)[O-])c2)o1. The molecule has 0 atom stereocenters. The van der Waals surface area contributed by atoms with E-state index in [9.17, 15) is 14.9 Å². The predicted octanol–water partition coefficient (Wildman–Crippen LogP) is 6.71. The molecule has 1 N–H and O–H groups in total. The Morgan fingerprint density at radius 2 is 1.90 bits per heavy atom. The molecule has 4 rings (SSSR count). The number of nitro benzene ring substituents is 1. The first-order valence-corrected chi connectivity index (χ1v) is 10.5. The molecule has 1 saturated heterocycles. The zero-order valence-corrected chi connectivity index (χ0v) is 18.3. The van der Waals surface area contributed by atoms with Crippen LogP contribution >= 0.6 is 46.6 Å². The van der Waals surface area contributed by atoms with Crippen LogP contribution in [0.15, 0.2) is 62.8 Å². The average molecular weight is 495 g/mol. The molecule has 156 valence electrons. The Balaban J connectivity index is 1.58. The van der Waals surface area contributed by atoms with Crippen molar-refractivity contribution in [2.45, 2.75) is 0 Å². The van der Waals surface area contributed by atoms with Crippen molar-refractivity contribution in [3.63, 3.8) is 0 Å². The fraction of sp³-hybridized carbons (Fsp3) is 0. The first-order valence-electron chi connectivity index (χ1n) is 8.59. The maximum atomic E-state index is 12.3. The van der Waals surface area contributed by atoms with Crippen LogP contribution in [0.4, 0.5) is 11.4 Å². The number of nitro groups is 1. The lowest BCUT2D eigenvalue weighted by molar-refractivity contribution is -0.384. The maximum Gasteiger partial charge on any atom is 0.288 e. The first kappa shape index (κ1) is 21.5. The monoisotopic (exact) mass is 493 g/mol. The highest BCUT2D eigenvalue weighted by Crippen LogP contribution is 2.35. The Bertz CT molecular complexity index is 1290. The normalized spacial score (nSPS) is 16.2. The zero-order valence-electron chi connectivity index (χ0n) is 15.3. The van der Waals surface area contributed by atoms with E-state index in [4.69, 9.17) is 39.2 Å². The molecule has 1 aliphatic rings. The van der Waals surface area contributed by atoms with E-state index in [1.165, 1.54) is 12.1 Å². The average Bonchev–Trinajstić information content (AvgIpc) is 3.32. The van der Waals surface area contributed by atoms with Gasteiger partial charge in [0.05, 0.1) is 25.6 Å². The van der Waals surface area contributed by atoms with Gasteiger partial charge in [-0.15, -0.1) is 0 Å². The van der Waals surface area contributed by atoms with Crippen molar-refractivity contribution in [2.75, 3.05) is 0 Å². The number of nitrogens with zero attached hydrogens (tertiary/aromatic N) is 2. The predicted molar refractivity (Wildman–Crippen MR) is 123 cm³/mol. The van der Waals surface area contributed by atoms with Crippen LogP contribution in [-0.2, 0) is 4.79 Å². The molecule has 0 aliphatic carbocycles. The number of thioether (sulfide) groups is 1. The Hall–Kier alpha value is -2.78. The number of carbonyl (C=O) groups excluding carboxylic acids is 1. The number of halogens is 3. The summed E-state index contributed by atoms with van der Waals surface area (Å²) in [6, 6.07) is 12.7. The van der Waals surface area contributed by atoms with Crippen molar-refractivity contribution >= 4 is 75.1 Å². The Labute approximate surface area is 194 Å². The van der Waals surface area contributed by atoms with E-state index in [1.54, 1.807) is 42.5 Å². The van der Waals surface area contributed by atoms with Crippen LogP contribution in [0.1, 0.15) is 5.76 Å². The Morgan fingerprint density at radius 3 is 2.68 bits per heavy atom. The highest BCUT2D eigenvalue weighted by molar-refractivity contribution is 8.18. The van der Waals surface area contributed by atoms with E-state index in [0.29, 0.717) is 37.9 Å². The van der Waals surface area contributed by atoms with Crippen molar-refractivity contribution < 1.29 is 14.1 Å². The van der Waals surface area contributed by atoms with Crippen molar-refractivity contribution in [3.8, 4) is 11.3 Å². The maximum absolute atomic E-state index is 12.3. The quantitative estimate of drug-likeness (QED) is 0.247. The summed E-state index contributed by atoms with van der Waals surface area (Å²) in [5.41, 5.74) is 0.701. The van der Waals surface area contributed by atoms with Crippen LogP contribution in [0.25, 0.3) is 17.4 Å². The van der Waals surface area contributed by atoms with Crippen LogP contribution in [0.2, 0.25) is 15.1 Å². The van der Waals surface area contributed by atoms with E-state index in [2.05, 4.69) is 10.3 Å². The zero-order chi connectivity index (χ0) is 22.1. The number of rotatable bonds is 4. The van der Waals surface area contributed by atoms with E-state index in [0.717, 1.165) is 11.8 Å². The molecule has 7 nitrogen and oxygen atoms in total. The van der Waals surface area contributed by atoms with Crippen LogP contribution in [0, 0.1) is 10.1 Å². The van der Waals surface area contributed by atoms with Crippen molar-refractivity contribution in [1.82, 2.24) is 5.32 Å². The van der Waals surface area contributed by atoms with E-state index < -0.39 is 4.92 Å². The molecule has 1 amide bonds. The lowest BCUT2D eigenvalue weighted by Crippen LogP contribution is -2.19. The molecule has 2 aromatic carbocycles.